The summed E-state index contributed by atoms with van der Waals surface area (Å²) < 4.78 is 35.5. The molecule has 3 heterocycles. The lowest BCUT2D eigenvalue weighted by Crippen LogP contribution is -2.71. The number of hydrogen-bond donors (Lipinski definition) is 2. The minimum Gasteiger partial charge on any atom is -0.497 e. The Bertz CT molecular complexity index is 1790. The van der Waals surface area contributed by atoms with E-state index in [1.165, 1.54) is 12.0 Å². The zero-order chi connectivity index (χ0) is 32.4. The summed E-state index contributed by atoms with van der Waals surface area (Å²) in [5.41, 5.74) is 4.91. The average Bonchev–Trinajstić information content (AvgIpc) is 3.86. The van der Waals surface area contributed by atoms with E-state index in [-0.39, 0.29) is 18.0 Å². The van der Waals surface area contributed by atoms with Gasteiger partial charge in [-0.05, 0) is 100 Å². The molecular weight excluding hydrogens is 600 g/mol. The van der Waals surface area contributed by atoms with E-state index in [0.717, 1.165) is 78.7 Å². The fourth-order valence-electron chi connectivity index (χ4n) is 8.08. The zero-order valence-electron chi connectivity index (χ0n) is 27.4. The average molecular weight is 647 g/mol. The third-order valence-corrected chi connectivity index (χ3v) is 12.5. The van der Waals surface area contributed by atoms with Gasteiger partial charge in [0.05, 0.1) is 23.5 Å². The van der Waals surface area contributed by atoms with E-state index in [0.29, 0.717) is 30.9 Å². The van der Waals surface area contributed by atoms with Crippen molar-refractivity contribution in [2.24, 2.45) is 5.41 Å². The summed E-state index contributed by atoms with van der Waals surface area (Å²) in [5.74, 6) is 0.660. The molecule has 0 radical (unpaired) electrons. The summed E-state index contributed by atoms with van der Waals surface area (Å²) in [7, 11) is -2.03. The number of carbonyl (C=O) groups excluding carboxylic acids is 2. The molecule has 2 aliphatic carbocycles. The van der Waals surface area contributed by atoms with Gasteiger partial charge in [-0.15, -0.1) is 0 Å². The minimum atomic E-state index is -3.70. The second kappa shape index (κ2) is 11.7. The lowest BCUT2D eigenvalue weighted by atomic mass is 9.81. The van der Waals surface area contributed by atoms with Gasteiger partial charge in [-0.25, -0.2) is 13.1 Å². The summed E-state index contributed by atoms with van der Waals surface area (Å²) in [6, 6.07) is 12.2. The number of benzene rings is 2. The van der Waals surface area contributed by atoms with Gasteiger partial charge in [0.2, 0.25) is 15.9 Å². The van der Waals surface area contributed by atoms with Gasteiger partial charge in [-0.2, -0.15) is 0 Å². The van der Waals surface area contributed by atoms with E-state index in [4.69, 9.17) is 4.74 Å². The second-order valence-electron chi connectivity index (χ2n) is 14.6. The molecule has 2 N–H and O–H groups in total. The number of piperazine rings is 1. The topological polar surface area (TPSA) is 110 Å². The molecule has 2 amide bonds. The van der Waals surface area contributed by atoms with Gasteiger partial charge in [0.1, 0.15) is 5.75 Å². The normalized spacial score (nSPS) is 22.0. The second-order valence-corrected chi connectivity index (χ2v) is 16.5. The first kappa shape index (κ1) is 31.2. The third kappa shape index (κ3) is 5.51. The quantitative estimate of drug-likeness (QED) is 0.318. The van der Waals surface area contributed by atoms with E-state index in [2.05, 4.69) is 32.5 Å². The largest absolute Gasteiger partial charge is 0.497 e. The number of sulfonamides is 1. The molecule has 2 unspecified atom stereocenters. The molecule has 246 valence electrons. The van der Waals surface area contributed by atoms with Crippen LogP contribution < -0.4 is 14.8 Å². The molecular formula is C36H46N4O5S. The van der Waals surface area contributed by atoms with Crippen LogP contribution in [0.25, 0.3) is 22.2 Å². The zero-order valence-corrected chi connectivity index (χ0v) is 28.2. The summed E-state index contributed by atoms with van der Waals surface area (Å²) in [4.78, 5) is 29.7. The van der Waals surface area contributed by atoms with Gasteiger partial charge in [0.15, 0.2) is 0 Å². The molecule has 1 aromatic heterocycles. The summed E-state index contributed by atoms with van der Waals surface area (Å²) in [6.45, 7) is 8.24. The van der Waals surface area contributed by atoms with Gasteiger partial charge in [-0.3, -0.25) is 9.59 Å². The number of nitrogens with zero attached hydrogens (tertiary/aromatic N) is 2. The maximum Gasteiger partial charge on any atom is 0.264 e. The highest BCUT2D eigenvalue weighted by Gasteiger charge is 2.48. The fourth-order valence-corrected chi connectivity index (χ4v) is 9.38. The van der Waals surface area contributed by atoms with Crippen LogP contribution in [-0.4, -0.2) is 67.2 Å². The summed E-state index contributed by atoms with van der Waals surface area (Å²) in [5, 5.41) is 4.00. The van der Waals surface area contributed by atoms with Crippen molar-refractivity contribution < 1.29 is 22.7 Å². The highest BCUT2D eigenvalue weighted by atomic mass is 32.2. The van der Waals surface area contributed by atoms with Gasteiger partial charge in [0.25, 0.3) is 5.91 Å². The highest BCUT2D eigenvalue weighted by Crippen LogP contribution is 2.47. The Balaban J connectivity index is 1.40. The standard InChI is InChI=1S/C36H46N4O5S/c1-22-16-27(45-4)11-15-29(22)33-32(23-8-6-5-7-9-23)30-14-10-24(34(41)38-46(43,44)28-12-13-28)17-31(30)39(33)21-36(2,3)35(42)40-25-18-26(40)20-37-19-25/h10-11,14-17,23,25-26,28,37H,5-9,12-13,18-21H2,1-4H3,(H,38,41). The fraction of sp³-hybridized carbons (Fsp3) is 0.556. The predicted molar refractivity (Wildman–Crippen MR) is 180 cm³/mol. The minimum absolute atomic E-state index is 0.151. The predicted octanol–water partition coefficient (Wildman–Crippen LogP) is 5.49. The Morgan fingerprint density at radius 2 is 1.72 bits per heavy atom. The van der Waals surface area contributed by atoms with Crippen LogP contribution in [-0.2, 0) is 21.4 Å². The Morgan fingerprint density at radius 3 is 2.35 bits per heavy atom. The number of amides is 2. The molecule has 2 bridgehead atoms. The number of piperidine rings is 1. The molecule has 2 atom stereocenters. The Labute approximate surface area is 272 Å². The van der Waals surface area contributed by atoms with Gasteiger partial charge < -0.3 is 19.5 Å². The van der Waals surface area contributed by atoms with E-state index in [1.54, 1.807) is 13.2 Å². The van der Waals surface area contributed by atoms with Crippen LogP contribution in [0.2, 0.25) is 0 Å². The van der Waals surface area contributed by atoms with Gasteiger partial charge in [-0.1, -0.05) is 25.3 Å². The number of rotatable bonds is 9. The van der Waals surface area contributed by atoms with Crippen LogP contribution in [0.1, 0.15) is 92.6 Å². The molecule has 2 aliphatic heterocycles. The van der Waals surface area contributed by atoms with Crippen LogP contribution in [0.3, 0.4) is 0 Å². The number of fused-ring (bicyclic) bond motifs is 3. The molecule has 2 aromatic carbocycles. The molecule has 3 aromatic rings. The van der Waals surface area contributed by atoms with Crippen LogP contribution in [0.15, 0.2) is 36.4 Å². The monoisotopic (exact) mass is 646 g/mol. The van der Waals surface area contributed by atoms with E-state index >= 15 is 0 Å². The first-order valence-electron chi connectivity index (χ1n) is 16.9. The summed E-state index contributed by atoms with van der Waals surface area (Å²) >= 11 is 0. The van der Waals surface area contributed by atoms with Crippen molar-refractivity contribution in [3.05, 3.63) is 53.1 Å². The molecule has 10 heteroatoms. The van der Waals surface area contributed by atoms with Gasteiger partial charge >= 0.3 is 0 Å². The number of aromatic nitrogens is 1. The van der Waals surface area contributed by atoms with E-state index in [9.17, 15) is 18.0 Å². The van der Waals surface area contributed by atoms with Crippen molar-refractivity contribution in [3.63, 3.8) is 0 Å². The van der Waals surface area contributed by atoms with Crippen LogP contribution in [0.4, 0.5) is 0 Å². The summed E-state index contributed by atoms with van der Waals surface area (Å²) in [6.07, 6.45) is 7.91. The smallest absolute Gasteiger partial charge is 0.264 e. The van der Waals surface area contributed by atoms with Crippen LogP contribution in [0, 0.1) is 12.3 Å². The van der Waals surface area contributed by atoms with Crippen molar-refractivity contribution in [1.82, 2.24) is 19.5 Å². The van der Waals surface area contributed by atoms with Crippen LogP contribution in [0.5, 0.6) is 5.75 Å². The highest BCUT2D eigenvalue weighted by molar-refractivity contribution is 7.91. The molecule has 2 saturated carbocycles. The number of ether oxygens (including phenoxy) is 1. The molecule has 4 aliphatic rings. The van der Waals surface area contributed by atoms with E-state index < -0.39 is 26.6 Å². The Kier molecular flexibility index (Phi) is 7.95. The van der Waals surface area contributed by atoms with Crippen molar-refractivity contribution >= 4 is 32.7 Å². The Morgan fingerprint density at radius 1 is 1.00 bits per heavy atom. The van der Waals surface area contributed by atoms with Gasteiger partial charge in [0, 0.05) is 53.7 Å². The maximum atomic E-state index is 14.2. The maximum absolute atomic E-state index is 14.2. The third-order valence-electron chi connectivity index (χ3n) is 10.7. The number of hydrogen-bond acceptors (Lipinski definition) is 6. The lowest BCUT2D eigenvalue weighted by molar-refractivity contribution is -0.158. The molecule has 9 nitrogen and oxygen atoms in total. The van der Waals surface area contributed by atoms with Crippen molar-refractivity contribution in [3.8, 4) is 17.0 Å². The van der Waals surface area contributed by atoms with Crippen molar-refractivity contribution in [2.75, 3.05) is 20.2 Å². The van der Waals surface area contributed by atoms with Crippen LogP contribution >= 0.6 is 0 Å². The molecule has 4 fully saturated rings. The number of aryl methyl sites for hydroxylation is 1. The van der Waals surface area contributed by atoms with Crippen molar-refractivity contribution in [1.29, 1.82) is 0 Å². The number of methoxy groups -OCH3 is 1. The molecule has 46 heavy (non-hydrogen) atoms. The number of nitrogens with one attached hydrogen (secondary N) is 2. The van der Waals surface area contributed by atoms with Crippen molar-refractivity contribution in [2.45, 2.75) is 102 Å². The Hall–Kier alpha value is -3.37. The lowest BCUT2D eigenvalue weighted by Gasteiger charge is -2.55. The first-order valence-corrected chi connectivity index (χ1v) is 18.4. The molecule has 7 rings (SSSR count). The molecule has 2 saturated heterocycles. The molecule has 0 spiro atoms. The SMILES string of the molecule is COc1ccc(-c2c(C3CCCCC3)c3ccc(C(=O)NS(=O)(=O)C4CC4)cc3n2CC(C)(C)C(=O)N2C3CNCC2C3)c(C)c1. The van der Waals surface area contributed by atoms with E-state index in [1.807, 2.05) is 38.1 Å². The first-order chi connectivity index (χ1) is 22.0. The number of carbonyl (C=O) groups is 2.